The van der Waals surface area contributed by atoms with Gasteiger partial charge in [0.1, 0.15) is 6.04 Å². The van der Waals surface area contributed by atoms with Crippen LogP contribution in [0.1, 0.15) is 32.3 Å². The molecule has 0 spiro atoms. The number of ether oxygens (including phenoxy) is 1. The van der Waals surface area contributed by atoms with Gasteiger partial charge in [-0.15, -0.1) is 12.4 Å². The number of nitrogens with zero attached hydrogens (tertiary/aromatic N) is 1. The first-order chi connectivity index (χ1) is 15.9. The molecule has 0 fully saturated rings. The third-order valence-corrected chi connectivity index (χ3v) is 6.87. The molecule has 3 atom stereocenters. The Kier molecular flexibility index (Phi) is 14.2. The van der Waals surface area contributed by atoms with Crippen LogP contribution in [-0.4, -0.2) is 68.1 Å². The summed E-state index contributed by atoms with van der Waals surface area (Å²) in [4.78, 5) is 27.4. The number of fused-ring (bicyclic) bond motifs is 1. The second-order valence-electron chi connectivity index (χ2n) is 8.51. The topological polar surface area (TPSA) is 70.7 Å². The van der Waals surface area contributed by atoms with E-state index in [9.17, 15) is 9.59 Å². The van der Waals surface area contributed by atoms with Crippen LogP contribution in [-0.2, 0) is 20.9 Å². The molecule has 6 nitrogen and oxygen atoms in total. The molecule has 1 amide bonds. The van der Waals surface area contributed by atoms with Gasteiger partial charge in [0.15, 0.2) is 0 Å². The summed E-state index contributed by atoms with van der Waals surface area (Å²) in [7, 11) is 3.33. The lowest BCUT2D eigenvalue weighted by atomic mass is 9.98. The van der Waals surface area contributed by atoms with E-state index in [1.54, 1.807) is 11.8 Å². The normalized spacial score (nSPS) is 13.7. The van der Waals surface area contributed by atoms with Gasteiger partial charge in [0.2, 0.25) is 5.91 Å². The van der Waals surface area contributed by atoms with E-state index in [1.165, 1.54) is 23.4 Å². The Morgan fingerprint density at radius 2 is 1.85 bits per heavy atom. The van der Waals surface area contributed by atoms with Crippen LogP contribution < -0.4 is 10.6 Å². The standard InChI is InChI=1S/C26H39N3O3S.ClH/c1-6-19(2)24(27-3)17-29(16-21-12-9-11-20-10-7-8-13-22(20)21)18-25(30)28-23(14-15-33-5)26(31)32-4;/h7-13,19,23-24,27H,6,14-18H2,1-5H3,(H,28,30);1H/t19-,23-,24+;/m0./s1. The molecular formula is C26H40ClN3O3S. The largest absolute Gasteiger partial charge is 0.467 e. The Morgan fingerprint density at radius 3 is 2.50 bits per heavy atom. The van der Waals surface area contributed by atoms with Crippen LogP contribution in [0.3, 0.4) is 0 Å². The summed E-state index contributed by atoms with van der Waals surface area (Å²) in [6, 6.07) is 14.3. The van der Waals surface area contributed by atoms with Gasteiger partial charge in [0.05, 0.1) is 13.7 Å². The van der Waals surface area contributed by atoms with E-state index in [0.29, 0.717) is 18.9 Å². The summed E-state index contributed by atoms with van der Waals surface area (Å²) < 4.78 is 4.90. The lowest BCUT2D eigenvalue weighted by molar-refractivity contribution is -0.145. The fraction of sp³-hybridized carbons (Fsp3) is 0.538. The molecule has 0 unspecified atom stereocenters. The zero-order chi connectivity index (χ0) is 24.2. The summed E-state index contributed by atoms with van der Waals surface area (Å²) in [5, 5.41) is 8.71. The number of likely N-dealkylation sites (N-methyl/N-ethyl adjacent to an activating group) is 1. The maximum atomic E-state index is 13.0. The van der Waals surface area contributed by atoms with Crippen molar-refractivity contribution in [1.29, 1.82) is 0 Å². The van der Waals surface area contributed by atoms with Gasteiger partial charge in [-0.2, -0.15) is 11.8 Å². The third kappa shape index (κ3) is 9.10. The van der Waals surface area contributed by atoms with E-state index < -0.39 is 12.0 Å². The van der Waals surface area contributed by atoms with Crippen LogP contribution in [0.15, 0.2) is 42.5 Å². The molecule has 2 rings (SSSR count). The molecule has 0 saturated heterocycles. The summed E-state index contributed by atoms with van der Waals surface area (Å²) in [6.07, 6.45) is 3.59. The van der Waals surface area contributed by atoms with Gasteiger partial charge in [-0.1, -0.05) is 62.7 Å². The molecule has 2 N–H and O–H groups in total. The number of nitrogens with one attached hydrogen (secondary N) is 2. The predicted octanol–water partition coefficient (Wildman–Crippen LogP) is 4.11. The van der Waals surface area contributed by atoms with Gasteiger partial charge < -0.3 is 15.4 Å². The van der Waals surface area contributed by atoms with Crippen LogP contribution >= 0.6 is 24.2 Å². The Bertz CT molecular complexity index is 893. The quantitative estimate of drug-likeness (QED) is 0.373. The number of hydrogen-bond donors (Lipinski definition) is 2. The van der Waals surface area contributed by atoms with Crippen molar-refractivity contribution in [3.05, 3.63) is 48.0 Å². The van der Waals surface area contributed by atoms with Crippen molar-refractivity contribution in [2.45, 2.75) is 45.3 Å². The maximum Gasteiger partial charge on any atom is 0.328 e. The lowest BCUT2D eigenvalue weighted by Gasteiger charge is -2.31. The van der Waals surface area contributed by atoms with Crippen molar-refractivity contribution in [2.24, 2.45) is 5.92 Å². The smallest absolute Gasteiger partial charge is 0.328 e. The fourth-order valence-corrected chi connectivity index (χ4v) is 4.52. The molecule has 2 aromatic carbocycles. The average Bonchev–Trinajstić information content (AvgIpc) is 2.84. The van der Waals surface area contributed by atoms with Crippen LogP contribution in [0, 0.1) is 5.92 Å². The van der Waals surface area contributed by atoms with Gasteiger partial charge >= 0.3 is 5.97 Å². The molecule has 190 valence electrons. The third-order valence-electron chi connectivity index (χ3n) is 6.23. The number of amides is 1. The Hall–Kier alpha value is -1.80. The van der Waals surface area contributed by atoms with E-state index >= 15 is 0 Å². The van der Waals surface area contributed by atoms with E-state index in [1.807, 2.05) is 25.4 Å². The number of thioether (sulfide) groups is 1. The Morgan fingerprint density at radius 1 is 1.15 bits per heavy atom. The van der Waals surface area contributed by atoms with Crippen molar-refractivity contribution in [3.63, 3.8) is 0 Å². The minimum Gasteiger partial charge on any atom is -0.467 e. The van der Waals surface area contributed by atoms with Crippen molar-refractivity contribution < 1.29 is 14.3 Å². The van der Waals surface area contributed by atoms with Crippen molar-refractivity contribution >= 4 is 46.8 Å². The van der Waals surface area contributed by atoms with Gasteiger partial charge in [0, 0.05) is 19.1 Å². The van der Waals surface area contributed by atoms with E-state index in [0.717, 1.165) is 18.7 Å². The average molecular weight is 510 g/mol. The first-order valence-corrected chi connectivity index (χ1v) is 13.0. The summed E-state index contributed by atoms with van der Waals surface area (Å²) >= 11 is 1.64. The van der Waals surface area contributed by atoms with Crippen LogP contribution in [0.5, 0.6) is 0 Å². The number of hydrogen-bond acceptors (Lipinski definition) is 6. The number of esters is 1. The molecule has 2 aromatic rings. The summed E-state index contributed by atoms with van der Waals surface area (Å²) in [5.41, 5.74) is 1.19. The molecule has 8 heteroatoms. The fourth-order valence-electron chi connectivity index (χ4n) is 4.04. The molecule has 0 radical (unpaired) electrons. The Labute approximate surface area is 215 Å². The number of carbonyl (C=O) groups excluding carboxylic acids is 2. The minimum absolute atomic E-state index is 0. The van der Waals surface area contributed by atoms with Gasteiger partial charge in [0.25, 0.3) is 0 Å². The molecule has 0 heterocycles. The second kappa shape index (κ2) is 16.0. The molecule has 0 aliphatic heterocycles. The first-order valence-electron chi connectivity index (χ1n) is 11.7. The molecule has 34 heavy (non-hydrogen) atoms. The Balaban J connectivity index is 0.00000578. The summed E-state index contributed by atoms with van der Waals surface area (Å²) in [5.74, 6) is 0.684. The first kappa shape index (κ1) is 30.2. The van der Waals surface area contributed by atoms with Crippen LogP contribution in [0.2, 0.25) is 0 Å². The van der Waals surface area contributed by atoms with E-state index in [-0.39, 0.29) is 30.9 Å². The monoisotopic (exact) mass is 509 g/mol. The molecule has 0 aliphatic carbocycles. The minimum atomic E-state index is -0.621. The second-order valence-corrected chi connectivity index (χ2v) is 9.50. The van der Waals surface area contributed by atoms with Crippen molar-refractivity contribution in [1.82, 2.24) is 15.5 Å². The number of halogens is 1. The zero-order valence-electron chi connectivity index (χ0n) is 21.0. The molecule has 0 bridgehead atoms. The van der Waals surface area contributed by atoms with Gasteiger partial charge in [-0.25, -0.2) is 4.79 Å². The number of rotatable bonds is 14. The zero-order valence-corrected chi connectivity index (χ0v) is 22.6. The van der Waals surface area contributed by atoms with Crippen LogP contribution in [0.25, 0.3) is 10.8 Å². The molecular weight excluding hydrogens is 470 g/mol. The van der Waals surface area contributed by atoms with Gasteiger partial charge in [-0.05, 0) is 47.7 Å². The number of carbonyl (C=O) groups is 2. The van der Waals surface area contributed by atoms with Crippen molar-refractivity contribution in [3.8, 4) is 0 Å². The van der Waals surface area contributed by atoms with E-state index in [2.05, 4.69) is 59.7 Å². The van der Waals surface area contributed by atoms with E-state index in [4.69, 9.17) is 4.74 Å². The molecule has 0 aliphatic rings. The highest BCUT2D eigenvalue weighted by molar-refractivity contribution is 7.98. The molecule has 0 aromatic heterocycles. The summed E-state index contributed by atoms with van der Waals surface area (Å²) in [6.45, 7) is 6.01. The lowest BCUT2D eigenvalue weighted by Crippen LogP contribution is -2.49. The van der Waals surface area contributed by atoms with Gasteiger partial charge in [-0.3, -0.25) is 9.69 Å². The number of methoxy groups -OCH3 is 1. The van der Waals surface area contributed by atoms with Crippen molar-refractivity contribution in [2.75, 3.05) is 39.3 Å². The molecule has 0 saturated carbocycles. The maximum absolute atomic E-state index is 13.0. The highest BCUT2D eigenvalue weighted by Crippen LogP contribution is 2.21. The predicted molar refractivity (Wildman–Crippen MR) is 146 cm³/mol. The highest BCUT2D eigenvalue weighted by atomic mass is 35.5. The number of benzene rings is 2. The highest BCUT2D eigenvalue weighted by Gasteiger charge is 2.24. The van der Waals surface area contributed by atoms with Crippen LogP contribution in [0.4, 0.5) is 0 Å². The SMILES string of the molecule is CC[C@H](C)[C@@H](CN(CC(=O)N[C@@H](CCSC)C(=O)OC)Cc1cccc2ccccc12)NC.Cl.